The molecule has 124 valence electrons. The van der Waals surface area contributed by atoms with Gasteiger partial charge in [0.15, 0.2) is 0 Å². The Labute approximate surface area is 132 Å². The molecule has 1 unspecified atom stereocenters. The van der Waals surface area contributed by atoms with Crippen LogP contribution in [0.4, 0.5) is 0 Å². The molecule has 0 aliphatic carbocycles. The summed E-state index contributed by atoms with van der Waals surface area (Å²) in [7, 11) is 4.24. The minimum atomic E-state index is -0.334. The Morgan fingerprint density at radius 3 is 2.24 bits per heavy atom. The van der Waals surface area contributed by atoms with Gasteiger partial charge in [0.1, 0.15) is 5.54 Å². The second-order valence-corrected chi connectivity index (χ2v) is 6.68. The summed E-state index contributed by atoms with van der Waals surface area (Å²) >= 11 is 0. The molecule has 0 aromatic carbocycles. The number of nitriles is 1. The quantitative estimate of drug-likeness (QED) is 0.601. The molecule has 1 N–H and O–H groups in total. The van der Waals surface area contributed by atoms with E-state index in [0.717, 1.165) is 52.0 Å². The monoisotopic (exact) mass is 296 g/mol. The highest BCUT2D eigenvalue weighted by atomic mass is 15.2. The summed E-state index contributed by atoms with van der Waals surface area (Å²) in [6.07, 6.45) is 2.89. The van der Waals surface area contributed by atoms with Crippen LogP contribution in [0.2, 0.25) is 0 Å². The molecule has 0 aromatic rings. The van der Waals surface area contributed by atoms with Crippen molar-refractivity contribution < 1.29 is 0 Å². The summed E-state index contributed by atoms with van der Waals surface area (Å²) < 4.78 is 0. The molecule has 4 heteroatoms. The molecule has 4 nitrogen and oxygen atoms in total. The first-order valence-electron chi connectivity index (χ1n) is 8.42. The molecule has 0 fully saturated rings. The Balaban J connectivity index is 4.35. The van der Waals surface area contributed by atoms with Gasteiger partial charge < -0.3 is 9.80 Å². The third-order valence-corrected chi connectivity index (χ3v) is 3.90. The summed E-state index contributed by atoms with van der Waals surface area (Å²) in [4.78, 5) is 4.77. The summed E-state index contributed by atoms with van der Waals surface area (Å²) in [5.41, 5.74) is -0.334. The van der Waals surface area contributed by atoms with Gasteiger partial charge in [0, 0.05) is 19.6 Å². The lowest BCUT2D eigenvalue weighted by atomic mass is 9.92. The van der Waals surface area contributed by atoms with Crippen LogP contribution in [0.1, 0.15) is 47.0 Å². The van der Waals surface area contributed by atoms with Crippen molar-refractivity contribution in [3.63, 3.8) is 0 Å². The minimum absolute atomic E-state index is 0.334. The molecule has 0 spiro atoms. The lowest BCUT2D eigenvalue weighted by Gasteiger charge is -2.29. The van der Waals surface area contributed by atoms with Crippen LogP contribution < -0.4 is 5.32 Å². The highest BCUT2D eigenvalue weighted by Gasteiger charge is 2.26. The van der Waals surface area contributed by atoms with E-state index in [1.807, 2.05) is 0 Å². The Kier molecular flexibility index (Phi) is 10.7. The highest BCUT2D eigenvalue weighted by Crippen LogP contribution is 2.17. The van der Waals surface area contributed by atoms with Crippen molar-refractivity contribution in [2.75, 3.05) is 46.8 Å². The first kappa shape index (κ1) is 20.4. The fourth-order valence-electron chi connectivity index (χ4n) is 2.66. The summed E-state index contributed by atoms with van der Waals surface area (Å²) in [5.74, 6) is 0.688. The number of hydrogen-bond donors (Lipinski definition) is 1. The molecule has 1 atom stereocenters. The molecule has 21 heavy (non-hydrogen) atoms. The van der Waals surface area contributed by atoms with Crippen LogP contribution in [0.15, 0.2) is 0 Å². The van der Waals surface area contributed by atoms with Crippen molar-refractivity contribution in [3.8, 4) is 6.07 Å². The number of likely N-dealkylation sites (N-methyl/N-ethyl adjacent to an activating group) is 1. The average Bonchev–Trinajstić information content (AvgIpc) is 2.43. The van der Waals surface area contributed by atoms with Crippen molar-refractivity contribution >= 4 is 0 Å². The van der Waals surface area contributed by atoms with Crippen molar-refractivity contribution in [1.82, 2.24) is 15.1 Å². The molecular formula is C17H36N4. The number of nitrogens with one attached hydrogen (secondary N) is 1. The van der Waals surface area contributed by atoms with Crippen molar-refractivity contribution in [2.24, 2.45) is 5.92 Å². The van der Waals surface area contributed by atoms with E-state index in [1.54, 1.807) is 0 Å². The van der Waals surface area contributed by atoms with E-state index in [9.17, 15) is 5.26 Å². The maximum atomic E-state index is 9.46. The third-order valence-electron chi connectivity index (χ3n) is 3.90. The van der Waals surface area contributed by atoms with Crippen molar-refractivity contribution in [1.29, 1.82) is 5.26 Å². The molecule has 0 radical (unpaired) electrons. The molecule has 0 heterocycles. The van der Waals surface area contributed by atoms with Crippen LogP contribution in [0.3, 0.4) is 0 Å². The van der Waals surface area contributed by atoms with Gasteiger partial charge in [-0.1, -0.05) is 27.7 Å². The minimum Gasteiger partial charge on any atom is -0.308 e. The smallest absolute Gasteiger partial charge is 0.106 e. The lowest BCUT2D eigenvalue weighted by molar-refractivity contribution is 0.208. The summed E-state index contributed by atoms with van der Waals surface area (Å²) in [6.45, 7) is 14.0. The van der Waals surface area contributed by atoms with E-state index in [1.165, 1.54) is 0 Å². The zero-order chi connectivity index (χ0) is 16.3. The second-order valence-electron chi connectivity index (χ2n) is 6.68. The van der Waals surface area contributed by atoms with Crippen LogP contribution in [0, 0.1) is 17.2 Å². The topological polar surface area (TPSA) is 42.3 Å². The van der Waals surface area contributed by atoms with Gasteiger partial charge in [-0.2, -0.15) is 5.26 Å². The zero-order valence-electron chi connectivity index (χ0n) is 15.1. The normalized spacial score (nSPS) is 14.7. The Hall–Kier alpha value is -0.630. The van der Waals surface area contributed by atoms with E-state index in [4.69, 9.17) is 0 Å². The van der Waals surface area contributed by atoms with E-state index in [0.29, 0.717) is 5.92 Å². The van der Waals surface area contributed by atoms with Gasteiger partial charge in [0.05, 0.1) is 6.07 Å². The number of hydrogen-bond acceptors (Lipinski definition) is 4. The fraction of sp³-hybridized carbons (Fsp3) is 0.941. The number of rotatable bonds is 12. The van der Waals surface area contributed by atoms with Gasteiger partial charge in [-0.05, 0) is 52.4 Å². The van der Waals surface area contributed by atoms with E-state index in [2.05, 4.69) is 63.0 Å². The average molecular weight is 297 g/mol. The lowest BCUT2D eigenvalue weighted by Crippen LogP contribution is -2.44. The molecular weight excluding hydrogens is 260 g/mol. The number of nitrogens with zero attached hydrogens (tertiary/aromatic N) is 3. The SMILES string of the molecule is CCNC(C#N)(CC)CCCN(CCN(C)C)CC(C)C. The molecule has 0 aromatic heterocycles. The molecule has 0 saturated carbocycles. The fourth-order valence-corrected chi connectivity index (χ4v) is 2.66. The van der Waals surface area contributed by atoms with Crippen molar-refractivity contribution in [3.05, 3.63) is 0 Å². The van der Waals surface area contributed by atoms with Gasteiger partial charge >= 0.3 is 0 Å². The predicted molar refractivity (Wildman–Crippen MR) is 91.4 cm³/mol. The van der Waals surface area contributed by atoms with Gasteiger partial charge in [-0.3, -0.25) is 5.32 Å². The summed E-state index contributed by atoms with van der Waals surface area (Å²) in [5, 5.41) is 12.8. The maximum Gasteiger partial charge on any atom is 0.106 e. The van der Waals surface area contributed by atoms with Crippen LogP contribution in [0.25, 0.3) is 0 Å². The largest absolute Gasteiger partial charge is 0.308 e. The first-order valence-corrected chi connectivity index (χ1v) is 8.42. The van der Waals surface area contributed by atoms with E-state index >= 15 is 0 Å². The molecule has 0 saturated heterocycles. The zero-order valence-corrected chi connectivity index (χ0v) is 15.1. The van der Waals surface area contributed by atoms with Crippen LogP contribution in [-0.2, 0) is 0 Å². The van der Waals surface area contributed by atoms with Crippen LogP contribution in [-0.4, -0.2) is 62.2 Å². The Morgan fingerprint density at radius 2 is 1.81 bits per heavy atom. The standard InChI is InChI=1S/C17H36N4/c1-7-17(15-18,19-8-2)10-9-11-21(14-16(3)4)13-12-20(5)6/h16,19H,7-14H2,1-6H3. The predicted octanol–water partition coefficient (Wildman–Crippen LogP) is 2.57. The molecule has 0 bridgehead atoms. The summed E-state index contributed by atoms with van der Waals surface area (Å²) in [6, 6.07) is 2.49. The van der Waals surface area contributed by atoms with Gasteiger partial charge in [0.2, 0.25) is 0 Å². The van der Waals surface area contributed by atoms with Gasteiger partial charge in [-0.25, -0.2) is 0 Å². The molecule has 0 aliphatic heterocycles. The van der Waals surface area contributed by atoms with Gasteiger partial charge in [-0.15, -0.1) is 0 Å². The van der Waals surface area contributed by atoms with Crippen LogP contribution in [0.5, 0.6) is 0 Å². The molecule has 0 amide bonds. The Morgan fingerprint density at radius 1 is 1.14 bits per heavy atom. The Bertz CT molecular complexity index is 296. The second kappa shape index (κ2) is 11.0. The van der Waals surface area contributed by atoms with Crippen molar-refractivity contribution in [2.45, 2.75) is 52.5 Å². The third kappa shape index (κ3) is 9.08. The highest BCUT2D eigenvalue weighted by molar-refractivity contribution is 5.06. The molecule has 0 aliphatic rings. The van der Waals surface area contributed by atoms with Gasteiger partial charge in [0.25, 0.3) is 0 Å². The molecule has 0 rings (SSSR count). The maximum absolute atomic E-state index is 9.46. The first-order chi connectivity index (χ1) is 9.89. The van der Waals surface area contributed by atoms with E-state index in [-0.39, 0.29) is 5.54 Å². The van der Waals surface area contributed by atoms with E-state index < -0.39 is 0 Å². The van der Waals surface area contributed by atoms with Crippen LogP contribution >= 0.6 is 0 Å².